The molecule has 0 radical (unpaired) electrons. The van der Waals surface area contributed by atoms with E-state index in [9.17, 15) is 14.0 Å². The fraction of sp³-hybridized carbons (Fsp3) is 0.273. The number of carbonyl (C=O) groups is 2. The van der Waals surface area contributed by atoms with Crippen molar-refractivity contribution in [1.82, 2.24) is 0 Å². The number of aliphatic carboxylic acids is 1. The molecule has 0 saturated heterocycles. The number of nitrogens with one attached hydrogen (secondary N) is 1. The van der Waals surface area contributed by atoms with Crippen LogP contribution in [0.3, 0.4) is 0 Å². The lowest BCUT2D eigenvalue weighted by Crippen LogP contribution is -2.10. The van der Waals surface area contributed by atoms with Crippen LogP contribution in [0.15, 0.2) is 18.2 Å². The predicted molar refractivity (Wildman–Crippen MR) is 58.5 cm³/mol. The molecule has 0 aliphatic heterocycles. The van der Waals surface area contributed by atoms with Gasteiger partial charge in [-0.25, -0.2) is 9.18 Å². The Morgan fingerprint density at radius 3 is 2.76 bits per heavy atom. The van der Waals surface area contributed by atoms with Crippen LogP contribution >= 0.6 is 0 Å². The largest absolute Gasteiger partial charge is 0.481 e. The Morgan fingerprint density at radius 1 is 1.47 bits per heavy atom. The van der Waals surface area contributed by atoms with Crippen molar-refractivity contribution in [2.45, 2.75) is 6.42 Å². The number of ether oxygens (including phenoxy) is 1. The van der Waals surface area contributed by atoms with Crippen LogP contribution in [0.1, 0.15) is 16.8 Å². The second-order valence-electron chi connectivity index (χ2n) is 3.26. The molecule has 0 aliphatic carbocycles. The van der Waals surface area contributed by atoms with Gasteiger partial charge >= 0.3 is 11.9 Å². The van der Waals surface area contributed by atoms with Crippen molar-refractivity contribution in [2.75, 3.05) is 19.0 Å². The zero-order valence-corrected chi connectivity index (χ0v) is 9.20. The standard InChI is InChI=1S/C11H12FNO4/c1-17-11(16)7-2-3-8(12)9(6-7)13-5-4-10(14)15/h2-3,6,13H,4-5H2,1H3,(H,14,15). The second-order valence-corrected chi connectivity index (χ2v) is 3.26. The zero-order chi connectivity index (χ0) is 12.8. The minimum Gasteiger partial charge on any atom is -0.481 e. The smallest absolute Gasteiger partial charge is 0.337 e. The van der Waals surface area contributed by atoms with E-state index < -0.39 is 17.8 Å². The lowest BCUT2D eigenvalue weighted by Gasteiger charge is -2.07. The number of benzene rings is 1. The van der Waals surface area contributed by atoms with Gasteiger partial charge < -0.3 is 15.2 Å². The van der Waals surface area contributed by atoms with Crippen molar-refractivity contribution in [1.29, 1.82) is 0 Å². The Bertz CT molecular complexity index is 433. The van der Waals surface area contributed by atoms with E-state index in [1.54, 1.807) is 0 Å². The van der Waals surface area contributed by atoms with E-state index in [4.69, 9.17) is 5.11 Å². The van der Waals surface area contributed by atoms with E-state index in [1.165, 1.54) is 19.2 Å². The molecule has 0 unspecified atom stereocenters. The third-order valence-corrected chi connectivity index (χ3v) is 2.04. The first kappa shape index (κ1) is 13.0. The maximum absolute atomic E-state index is 13.3. The van der Waals surface area contributed by atoms with Crippen molar-refractivity contribution >= 4 is 17.6 Å². The Balaban J connectivity index is 2.76. The molecular weight excluding hydrogens is 229 g/mol. The summed E-state index contributed by atoms with van der Waals surface area (Å²) >= 11 is 0. The number of anilines is 1. The molecule has 0 spiro atoms. The predicted octanol–water partition coefficient (Wildman–Crippen LogP) is 1.50. The van der Waals surface area contributed by atoms with Gasteiger partial charge in [-0.2, -0.15) is 0 Å². The Hall–Kier alpha value is -2.11. The summed E-state index contributed by atoms with van der Waals surface area (Å²) in [6, 6.07) is 3.70. The molecule has 2 N–H and O–H groups in total. The molecule has 1 rings (SSSR count). The minimum atomic E-state index is -0.984. The van der Waals surface area contributed by atoms with Crippen LogP contribution in [0.2, 0.25) is 0 Å². The molecule has 0 fully saturated rings. The van der Waals surface area contributed by atoms with Gasteiger partial charge in [-0.3, -0.25) is 4.79 Å². The van der Waals surface area contributed by atoms with Crippen LogP contribution in [0.25, 0.3) is 0 Å². The van der Waals surface area contributed by atoms with E-state index in [1.807, 2.05) is 0 Å². The van der Waals surface area contributed by atoms with Crippen LogP contribution in [0.4, 0.5) is 10.1 Å². The molecular formula is C11H12FNO4. The van der Waals surface area contributed by atoms with Crippen molar-refractivity contribution in [2.24, 2.45) is 0 Å². The number of hydrogen-bond donors (Lipinski definition) is 2. The van der Waals surface area contributed by atoms with E-state index in [0.717, 1.165) is 6.07 Å². The normalized spacial score (nSPS) is 9.76. The summed E-state index contributed by atoms with van der Waals surface area (Å²) in [4.78, 5) is 21.5. The minimum absolute atomic E-state index is 0.0779. The number of esters is 1. The van der Waals surface area contributed by atoms with E-state index in [0.29, 0.717) is 0 Å². The van der Waals surface area contributed by atoms with Crippen LogP contribution in [0.5, 0.6) is 0 Å². The lowest BCUT2D eigenvalue weighted by molar-refractivity contribution is -0.136. The maximum Gasteiger partial charge on any atom is 0.337 e. The Morgan fingerprint density at radius 2 is 2.18 bits per heavy atom. The Kier molecular flexibility index (Phi) is 4.45. The fourth-order valence-corrected chi connectivity index (χ4v) is 1.21. The highest BCUT2D eigenvalue weighted by molar-refractivity contribution is 5.90. The average molecular weight is 241 g/mol. The third-order valence-electron chi connectivity index (χ3n) is 2.04. The molecule has 0 amide bonds. The number of carboxylic acid groups (broad SMARTS) is 1. The van der Waals surface area contributed by atoms with Gasteiger partial charge in [-0.1, -0.05) is 0 Å². The molecule has 0 saturated carbocycles. The van der Waals surface area contributed by atoms with Crippen molar-refractivity contribution in [3.63, 3.8) is 0 Å². The zero-order valence-electron chi connectivity index (χ0n) is 9.20. The van der Waals surface area contributed by atoms with Crippen LogP contribution in [-0.2, 0) is 9.53 Å². The quantitative estimate of drug-likeness (QED) is 0.764. The highest BCUT2D eigenvalue weighted by atomic mass is 19.1. The molecule has 6 heteroatoms. The first-order valence-corrected chi connectivity index (χ1v) is 4.88. The highest BCUT2D eigenvalue weighted by Crippen LogP contribution is 2.16. The van der Waals surface area contributed by atoms with E-state index in [2.05, 4.69) is 10.1 Å². The first-order valence-electron chi connectivity index (χ1n) is 4.88. The fourth-order valence-electron chi connectivity index (χ4n) is 1.21. The molecule has 0 bridgehead atoms. The van der Waals surface area contributed by atoms with Gasteiger partial charge in [0.2, 0.25) is 0 Å². The van der Waals surface area contributed by atoms with Gasteiger partial charge in [-0.05, 0) is 18.2 Å². The third kappa shape index (κ3) is 3.75. The van der Waals surface area contributed by atoms with Gasteiger partial charge in [0, 0.05) is 6.54 Å². The highest BCUT2D eigenvalue weighted by Gasteiger charge is 2.09. The average Bonchev–Trinajstić information content (AvgIpc) is 2.30. The molecule has 17 heavy (non-hydrogen) atoms. The van der Waals surface area contributed by atoms with Gasteiger partial charge in [0.05, 0.1) is 24.8 Å². The summed E-state index contributed by atoms with van der Waals surface area (Å²) in [6.07, 6.45) is -0.137. The molecule has 5 nitrogen and oxygen atoms in total. The van der Waals surface area contributed by atoms with Gasteiger partial charge in [0.1, 0.15) is 5.82 Å². The molecule has 0 atom stereocenters. The first-order chi connectivity index (χ1) is 8.04. The molecule has 0 aromatic heterocycles. The van der Waals surface area contributed by atoms with Gasteiger partial charge in [0.25, 0.3) is 0 Å². The summed E-state index contributed by atoms with van der Waals surface area (Å²) in [5.74, 6) is -2.11. The number of carboxylic acids is 1. The summed E-state index contributed by atoms with van der Waals surface area (Å²) in [7, 11) is 1.23. The number of carbonyl (C=O) groups excluding carboxylic acids is 1. The van der Waals surface area contributed by atoms with Gasteiger partial charge in [0.15, 0.2) is 0 Å². The van der Waals surface area contributed by atoms with Crippen molar-refractivity contribution < 1.29 is 23.8 Å². The van der Waals surface area contributed by atoms with Crippen molar-refractivity contribution in [3.8, 4) is 0 Å². The summed E-state index contributed by atoms with van der Waals surface area (Å²) < 4.78 is 17.8. The number of hydrogen-bond acceptors (Lipinski definition) is 4. The van der Waals surface area contributed by atoms with Crippen LogP contribution in [0, 0.1) is 5.82 Å². The molecule has 0 aliphatic rings. The number of halogens is 1. The second kappa shape index (κ2) is 5.83. The summed E-state index contributed by atoms with van der Waals surface area (Å²) in [5.41, 5.74) is 0.279. The molecule has 1 aromatic carbocycles. The molecule has 92 valence electrons. The lowest BCUT2D eigenvalue weighted by atomic mass is 10.2. The molecule has 1 aromatic rings. The number of methoxy groups -OCH3 is 1. The Labute approximate surface area is 97.2 Å². The molecule has 0 heterocycles. The summed E-state index contributed by atoms with van der Waals surface area (Å²) in [6.45, 7) is 0.0802. The van der Waals surface area contributed by atoms with E-state index in [-0.39, 0.29) is 24.2 Å². The SMILES string of the molecule is COC(=O)c1ccc(F)c(NCCC(=O)O)c1. The topological polar surface area (TPSA) is 75.6 Å². The van der Waals surface area contributed by atoms with Crippen LogP contribution < -0.4 is 5.32 Å². The van der Waals surface area contributed by atoms with E-state index >= 15 is 0 Å². The van der Waals surface area contributed by atoms with Crippen LogP contribution in [-0.4, -0.2) is 30.7 Å². The maximum atomic E-state index is 13.3. The van der Waals surface area contributed by atoms with Crippen molar-refractivity contribution in [3.05, 3.63) is 29.6 Å². The monoisotopic (exact) mass is 241 g/mol. The number of rotatable bonds is 5. The summed E-state index contributed by atoms with van der Waals surface area (Å²) in [5, 5.41) is 11.0. The van der Waals surface area contributed by atoms with Gasteiger partial charge in [-0.15, -0.1) is 0 Å².